The Bertz CT molecular complexity index is 929. The van der Waals surface area contributed by atoms with Gasteiger partial charge in [-0.15, -0.1) is 0 Å². The number of hydrogen-bond donors (Lipinski definition) is 2. The monoisotopic (exact) mass is 349 g/mol. The number of carbonyl (C=O) groups is 1. The lowest BCUT2D eigenvalue weighted by Crippen LogP contribution is -2.22. The first kappa shape index (κ1) is 16.2. The van der Waals surface area contributed by atoms with Gasteiger partial charge in [0, 0.05) is 19.0 Å². The van der Waals surface area contributed by atoms with E-state index in [1.54, 1.807) is 6.08 Å². The molecule has 6 heteroatoms. The zero-order chi connectivity index (χ0) is 17.8. The van der Waals surface area contributed by atoms with Crippen LogP contribution in [0.2, 0.25) is 0 Å². The van der Waals surface area contributed by atoms with E-state index < -0.39 is 0 Å². The average Bonchev–Trinajstić information content (AvgIpc) is 3.29. The summed E-state index contributed by atoms with van der Waals surface area (Å²) >= 11 is 0. The number of hydrogen-bond acceptors (Lipinski definition) is 4. The minimum atomic E-state index is -0.118. The Balaban J connectivity index is 1.23. The number of nitrogens with zero attached hydrogens (tertiary/aromatic N) is 1. The van der Waals surface area contributed by atoms with Crippen LogP contribution in [0.3, 0.4) is 0 Å². The van der Waals surface area contributed by atoms with E-state index in [0.29, 0.717) is 12.3 Å². The second kappa shape index (κ2) is 7.31. The highest BCUT2D eigenvalue weighted by molar-refractivity contribution is 5.91. The Labute approximate surface area is 150 Å². The molecule has 0 fully saturated rings. The van der Waals surface area contributed by atoms with E-state index in [0.717, 1.165) is 41.0 Å². The molecular weight excluding hydrogens is 330 g/mol. The number of aromatic amines is 1. The van der Waals surface area contributed by atoms with Gasteiger partial charge in [-0.2, -0.15) is 0 Å². The molecule has 0 saturated carbocycles. The van der Waals surface area contributed by atoms with Crippen LogP contribution >= 0.6 is 0 Å². The first-order valence-corrected chi connectivity index (χ1v) is 8.57. The van der Waals surface area contributed by atoms with Gasteiger partial charge in [0.15, 0.2) is 11.5 Å². The molecular formula is C20H19N3O3. The van der Waals surface area contributed by atoms with Gasteiger partial charge in [-0.3, -0.25) is 4.79 Å². The van der Waals surface area contributed by atoms with Crippen molar-refractivity contribution in [3.05, 3.63) is 59.9 Å². The van der Waals surface area contributed by atoms with Gasteiger partial charge in [0.25, 0.3) is 0 Å². The second-order valence-electron chi connectivity index (χ2n) is 6.04. The number of fused-ring (bicyclic) bond motifs is 2. The molecule has 0 radical (unpaired) electrons. The molecule has 26 heavy (non-hydrogen) atoms. The van der Waals surface area contributed by atoms with E-state index in [1.165, 1.54) is 6.08 Å². The minimum Gasteiger partial charge on any atom is -0.454 e. The number of aromatic nitrogens is 2. The van der Waals surface area contributed by atoms with Crippen molar-refractivity contribution in [1.29, 1.82) is 0 Å². The second-order valence-corrected chi connectivity index (χ2v) is 6.04. The molecule has 2 heterocycles. The Morgan fingerprint density at radius 3 is 3.00 bits per heavy atom. The van der Waals surface area contributed by atoms with Crippen LogP contribution in [-0.4, -0.2) is 29.2 Å². The van der Waals surface area contributed by atoms with Crippen molar-refractivity contribution in [1.82, 2.24) is 15.3 Å². The number of rotatable bonds is 6. The summed E-state index contributed by atoms with van der Waals surface area (Å²) in [6.45, 7) is 0.843. The van der Waals surface area contributed by atoms with Crippen LogP contribution in [0.4, 0.5) is 0 Å². The van der Waals surface area contributed by atoms with Gasteiger partial charge in [-0.25, -0.2) is 4.98 Å². The Morgan fingerprint density at radius 2 is 2.08 bits per heavy atom. The number of ether oxygens (including phenoxy) is 2. The molecule has 2 aromatic carbocycles. The molecule has 0 atom stereocenters. The lowest BCUT2D eigenvalue weighted by atomic mass is 10.2. The molecule has 2 N–H and O–H groups in total. The summed E-state index contributed by atoms with van der Waals surface area (Å²) in [5.74, 6) is 2.26. The fourth-order valence-electron chi connectivity index (χ4n) is 2.84. The maximum Gasteiger partial charge on any atom is 0.243 e. The van der Waals surface area contributed by atoms with Crippen molar-refractivity contribution >= 4 is 23.0 Å². The van der Waals surface area contributed by atoms with Crippen molar-refractivity contribution in [2.24, 2.45) is 0 Å². The lowest BCUT2D eigenvalue weighted by Gasteiger charge is -2.01. The first-order chi connectivity index (χ1) is 12.8. The topological polar surface area (TPSA) is 76.2 Å². The van der Waals surface area contributed by atoms with Gasteiger partial charge in [0.1, 0.15) is 5.82 Å². The summed E-state index contributed by atoms with van der Waals surface area (Å²) in [4.78, 5) is 19.7. The third-order valence-corrected chi connectivity index (χ3v) is 4.15. The molecule has 1 aliphatic heterocycles. The Morgan fingerprint density at radius 1 is 1.19 bits per heavy atom. The normalized spacial score (nSPS) is 12.8. The number of imidazole rings is 1. The number of H-pyrrole nitrogens is 1. The van der Waals surface area contributed by atoms with E-state index in [1.807, 2.05) is 42.5 Å². The predicted molar refractivity (Wildman–Crippen MR) is 99.0 cm³/mol. The van der Waals surface area contributed by atoms with E-state index in [4.69, 9.17) is 9.47 Å². The van der Waals surface area contributed by atoms with Crippen molar-refractivity contribution in [3.8, 4) is 11.5 Å². The molecule has 0 unspecified atom stereocenters. The predicted octanol–water partition coefficient (Wildman–Crippen LogP) is 3.05. The van der Waals surface area contributed by atoms with Crippen molar-refractivity contribution in [3.63, 3.8) is 0 Å². The maximum atomic E-state index is 11.9. The molecule has 0 saturated heterocycles. The SMILES string of the molecule is O=C(/C=C/c1ccc2c(c1)OCO2)NCCCc1nc2ccccc2[nH]1. The van der Waals surface area contributed by atoms with Crippen LogP contribution in [0.25, 0.3) is 17.1 Å². The van der Waals surface area contributed by atoms with Gasteiger partial charge in [0.2, 0.25) is 12.7 Å². The summed E-state index contributed by atoms with van der Waals surface area (Å²) in [5, 5.41) is 2.89. The number of benzene rings is 2. The first-order valence-electron chi connectivity index (χ1n) is 8.57. The fourth-order valence-corrected chi connectivity index (χ4v) is 2.84. The van der Waals surface area contributed by atoms with Crippen LogP contribution in [0.5, 0.6) is 11.5 Å². The molecule has 4 rings (SSSR count). The number of nitrogens with one attached hydrogen (secondary N) is 2. The van der Waals surface area contributed by atoms with E-state index in [2.05, 4.69) is 15.3 Å². The molecule has 6 nitrogen and oxygen atoms in total. The standard InChI is InChI=1S/C20H19N3O3/c24-20(10-8-14-7-9-17-18(12-14)26-13-25-17)21-11-3-6-19-22-15-4-1-2-5-16(15)23-19/h1-2,4-5,7-10,12H,3,6,11,13H2,(H,21,24)(H,22,23)/b10-8+. The Hall–Kier alpha value is -3.28. The third kappa shape index (κ3) is 3.69. The van der Waals surface area contributed by atoms with Gasteiger partial charge < -0.3 is 19.8 Å². The highest BCUT2D eigenvalue weighted by atomic mass is 16.7. The minimum absolute atomic E-state index is 0.118. The van der Waals surface area contributed by atoms with E-state index in [-0.39, 0.29) is 12.7 Å². The zero-order valence-electron chi connectivity index (χ0n) is 14.2. The number of para-hydroxylation sites is 2. The summed E-state index contributed by atoms with van der Waals surface area (Å²) < 4.78 is 10.6. The molecule has 0 spiro atoms. The summed E-state index contributed by atoms with van der Waals surface area (Å²) in [7, 11) is 0. The molecule has 1 amide bonds. The highest BCUT2D eigenvalue weighted by Gasteiger charge is 2.12. The van der Waals surface area contributed by atoms with Gasteiger partial charge in [0.05, 0.1) is 11.0 Å². The Kier molecular flexibility index (Phi) is 4.55. The maximum absolute atomic E-state index is 11.9. The molecule has 3 aromatic rings. The lowest BCUT2D eigenvalue weighted by molar-refractivity contribution is -0.116. The van der Waals surface area contributed by atoms with Crippen molar-refractivity contribution < 1.29 is 14.3 Å². The largest absolute Gasteiger partial charge is 0.454 e. The van der Waals surface area contributed by atoms with Gasteiger partial charge in [-0.1, -0.05) is 18.2 Å². The average molecular weight is 349 g/mol. The molecule has 132 valence electrons. The van der Waals surface area contributed by atoms with Crippen LogP contribution in [0.15, 0.2) is 48.5 Å². The van der Waals surface area contributed by atoms with Crippen LogP contribution in [0, 0.1) is 0 Å². The number of amides is 1. The summed E-state index contributed by atoms with van der Waals surface area (Å²) in [6.07, 6.45) is 4.90. The van der Waals surface area contributed by atoms with E-state index >= 15 is 0 Å². The van der Waals surface area contributed by atoms with Gasteiger partial charge >= 0.3 is 0 Å². The van der Waals surface area contributed by atoms with E-state index in [9.17, 15) is 4.79 Å². The number of carbonyl (C=O) groups excluding carboxylic acids is 1. The fraction of sp³-hybridized carbons (Fsp3) is 0.200. The summed E-state index contributed by atoms with van der Waals surface area (Å²) in [6, 6.07) is 13.5. The van der Waals surface area contributed by atoms with Crippen molar-refractivity contribution in [2.75, 3.05) is 13.3 Å². The third-order valence-electron chi connectivity index (χ3n) is 4.15. The quantitative estimate of drug-likeness (QED) is 0.530. The molecule has 0 bridgehead atoms. The zero-order valence-corrected chi connectivity index (χ0v) is 14.2. The highest BCUT2D eigenvalue weighted by Crippen LogP contribution is 2.32. The van der Waals surface area contributed by atoms with Crippen LogP contribution in [0.1, 0.15) is 17.8 Å². The van der Waals surface area contributed by atoms with Gasteiger partial charge in [-0.05, 0) is 42.3 Å². The summed E-state index contributed by atoms with van der Waals surface area (Å²) in [5.41, 5.74) is 2.91. The van der Waals surface area contributed by atoms with Crippen LogP contribution in [-0.2, 0) is 11.2 Å². The smallest absolute Gasteiger partial charge is 0.243 e. The molecule has 1 aliphatic rings. The molecule has 0 aliphatic carbocycles. The number of aryl methyl sites for hydroxylation is 1. The van der Waals surface area contributed by atoms with Crippen molar-refractivity contribution in [2.45, 2.75) is 12.8 Å². The van der Waals surface area contributed by atoms with Crippen LogP contribution < -0.4 is 14.8 Å². The molecule has 1 aromatic heterocycles.